The van der Waals surface area contributed by atoms with Crippen molar-refractivity contribution in [2.75, 3.05) is 45.7 Å². The highest BCUT2D eigenvalue weighted by molar-refractivity contribution is 7.89. The molecule has 33 heavy (non-hydrogen) atoms. The smallest absolute Gasteiger partial charge is 0.243 e. The first kappa shape index (κ1) is 25.0. The second kappa shape index (κ2) is 11.5. The molecule has 0 aliphatic carbocycles. The number of piperidine rings is 1. The van der Waals surface area contributed by atoms with Gasteiger partial charge >= 0.3 is 0 Å². The highest BCUT2D eigenvalue weighted by Gasteiger charge is 2.27. The SMILES string of the molecule is CCOc1ccc(CN(C)CC(=O)Nc2cc(S(=O)(=O)N3CCCCC3)ccc2OC)cc1. The molecular weight excluding hydrogens is 442 g/mol. The minimum Gasteiger partial charge on any atom is -0.495 e. The third-order valence-electron chi connectivity index (χ3n) is 5.50. The van der Waals surface area contributed by atoms with Gasteiger partial charge < -0.3 is 14.8 Å². The van der Waals surface area contributed by atoms with Crippen LogP contribution in [0.1, 0.15) is 31.7 Å². The monoisotopic (exact) mass is 475 g/mol. The summed E-state index contributed by atoms with van der Waals surface area (Å²) in [4.78, 5) is 14.7. The van der Waals surface area contributed by atoms with Gasteiger partial charge in [-0.1, -0.05) is 18.6 Å². The largest absolute Gasteiger partial charge is 0.495 e. The maximum atomic E-state index is 13.0. The Kier molecular flexibility index (Phi) is 8.71. The molecule has 0 aromatic heterocycles. The normalized spacial score (nSPS) is 14.8. The van der Waals surface area contributed by atoms with E-state index in [0.717, 1.165) is 30.6 Å². The van der Waals surface area contributed by atoms with Gasteiger partial charge in [-0.3, -0.25) is 9.69 Å². The van der Waals surface area contributed by atoms with E-state index in [-0.39, 0.29) is 17.3 Å². The van der Waals surface area contributed by atoms with Crippen LogP contribution in [0.25, 0.3) is 0 Å². The first-order chi connectivity index (χ1) is 15.8. The quantitative estimate of drug-likeness (QED) is 0.567. The molecule has 2 aromatic carbocycles. The van der Waals surface area contributed by atoms with Crippen molar-refractivity contribution in [3.63, 3.8) is 0 Å². The lowest BCUT2D eigenvalue weighted by atomic mass is 10.2. The van der Waals surface area contributed by atoms with E-state index in [0.29, 0.717) is 37.7 Å². The van der Waals surface area contributed by atoms with Crippen LogP contribution in [-0.4, -0.2) is 63.9 Å². The number of carbonyl (C=O) groups is 1. The van der Waals surface area contributed by atoms with Gasteiger partial charge in [0, 0.05) is 19.6 Å². The van der Waals surface area contributed by atoms with Gasteiger partial charge in [-0.2, -0.15) is 4.31 Å². The standard InChI is InChI=1S/C24H33N3O5S/c1-4-32-20-10-8-19(9-11-20)17-26(2)18-24(28)25-22-16-21(12-13-23(22)31-3)33(29,30)27-14-6-5-7-15-27/h8-13,16H,4-7,14-15,17-18H2,1-3H3,(H,25,28). The van der Waals surface area contributed by atoms with Gasteiger partial charge in [0.2, 0.25) is 15.9 Å². The van der Waals surface area contributed by atoms with Crippen LogP contribution in [0.5, 0.6) is 11.5 Å². The van der Waals surface area contributed by atoms with Crippen molar-refractivity contribution < 1.29 is 22.7 Å². The van der Waals surface area contributed by atoms with Crippen molar-refractivity contribution in [3.8, 4) is 11.5 Å². The van der Waals surface area contributed by atoms with Crippen molar-refractivity contribution in [3.05, 3.63) is 48.0 Å². The number of ether oxygens (including phenoxy) is 2. The molecule has 0 unspecified atom stereocenters. The molecule has 0 radical (unpaired) electrons. The number of anilines is 1. The number of methoxy groups -OCH3 is 1. The van der Waals surface area contributed by atoms with Crippen LogP contribution in [0.4, 0.5) is 5.69 Å². The van der Waals surface area contributed by atoms with Gasteiger partial charge in [-0.05, 0) is 62.7 Å². The van der Waals surface area contributed by atoms with Crippen LogP contribution < -0.4 is 14.8 Å². The number of amides is 1. The van der Waals surface area contributed by atoms with Crippen LogP contribution in [0.2, 0.25) is 0 Å². The van der Waals surface area contributed by atoms with Crippen molar-refractivity contribution in [1.29, 1.82) is 0 Å². The summed E-state index contributed by atoms with van der Waals surface area (Å²) in [5.74, 6) is 0.970. The van der Waals surface area contributed by atoms with E-state index in [1.54, 1.807) is 6.07 Å². The summed E-state index contributed by atoms with van der Waals surface area (Å²) in [6, 6.07) is 12.3. The van der Waals surface area contributed by atoms with Gasteiger partial charge in [0.05, 0.1) is 30.8 Å². The van der Waals surface area contributed by atoms with Gasteiger partial charge in [-0.25, -0.2) is 8.42 Å². The molecule has 1 N–H and O–H groups in total. The number of sulfonamides is 1. The van der Waals surface area contributed by atoms with Crippen LogP contribution in [0.3, 0.4) is 0 Å². The Morgan fingerprint density at radius 3 is 2.42 bits per heavy atom. The molecule has 0 spiro atoms. The fraction of sp³-hybridized carbons (Fsp3) is 0.458. The Balaban J connectivity index is 1.66. The zero-order chi connectivity index (χ0) is 23.8. The van der Waals surface area contributed by atoms with Crippen molar-refractivity contribution >= 4 is 21.6 Å². The average molecular weight is 476 g/mol. The number of benzene rings is 2. The Bertz CT molecular complexity index is 1030. The molecule has 1 amide bonds. The Morgan fingerprint density at radius 2 is 1.79 bits per heavy atom. The molecule has 2 aromatic rings. The zero-order valence-electron chi connectivity index (χ0n) is 19.5. The number of likely N-dealkylation sites (N-methyl/N-ethyl adjacent to an activating group) is 1. The number of nitrogens with one attached hydrogen (secondary N) is 1. The highest BCUT2D eigenvalue weighted by atomic mass is 32.2. The average Bonchev–Trinajstić information content (AvgIpc) is 2.81. The van der Waals surface area contributed by atoms with E-state index in [1.807, 2.05) is 43.1 Å². The number of hydrogen-bond donors (Lipinski definition) is 1. The summed E-state index contributed by atoms with van der Waals surface area (Å²) in [6.45, 7) is 4.32. The van der Waals surface area contributed by atoms with E-state index in [1.165, 1.54) is 23.5 Å². The molecule has 3 rings (SSSR count). The summed E-state index contributed by atoms with van der Waals surface area (Å²) in [7, 11) is -0.271. The molecule has 1 aliphatic rings. The number of nitrogens with zero attached hydrogens (tertiary/aromatic N) is 2. The third-order valence-corrected chi connectivity index (χ3v) is 7.39. The van der Waals surface area contributed by atoms with Crippen LogP contribution in [-0.2, 0) is 21.4 Å². The molecule has 9 heteroatoms. The zero-order valence-corrected chi connectivity index (χ0v) is 20.4. The topological polar surface area (TPSA) is 88.2 Å². The summed E-state index contributed by atoms with van der Waals surface area (Å²) in [5.41, 5.74) is 1.40. The number of rotatable bonds is 10. The molecule has 0 atom stereocenters. The maximum Gasteiger partial charge on any atom is 0.243 e. The summed E-state index contributed by atoms with van der Waals surface area (Å²) in [5, 5.41) is 2.81. The minimum atomic E-state index is -3.61. The van der Waals surface area contributed by atoms with E-state index in [9.17, 15) is 13.2 Å². The molecule has 0 saturated carbocycles. The Labute approximate surface area is 196 Å². The van der Waals surface area contributed by atoms with E-state index >= 15 is 0 Å². The highest BCUT2D eigenvalue weighted by Crippen LogP contribution is 2.30. The maximum absolute atomic E-state index is 13.0. The molecule has 1 fully saturated rings. The van der Waals surface area contributed by atoms with E-state index in [4.69, 9.17) is 9.47 Å². The third kappa shape index (κ3) is 6.69. The Hall–Kier alpha value is -2.62. The van der Waals surface area contributed by atoms with Crippen LogP contribution in [0, 0.1) is 0 Å². The number of hydrogen-bond acceptors (Lipinski definition) is 6. The molecule has 1 aliphatic heterocycles. The lowest BCUT2D eigenvalue weighted by Crippen LogP contribution is -2.35. The second-order valence-corrected chi connectivity index (χ2v) is 10.1. The molecule has 1 heterocycles. The fourth-order valence-corrected chi connectivity index (χ4v) is 5.40. The van der Waals surface area contributed by atoms with Crippen LogP contribution in [0.15, 0.2) is 47.4 Å². The lowest BCUT2D eigenvalue weighted by Gasteiger charge is -2.26. The van der Waals surface area contributed by atoms with Gasteiger partial charge in [0.1, 0.15) is 11.5 Å². The van der Waals surface area contributed by atoms with Gasteiger partial charge in [0.15, 0.2) is 0 Å². The molecule has 8 nitrogen and oxygen atoms in total. The molecule has 180 valence electrons. The first-order valence-electron chi connectivity index (χ1n) is 11.2. The fourth-order valence-electron chi connectivity index (χ4n) is 3.86. The van der Waals surface area contributed by atoms with Gasteiger partial charge in [-0.15, -0.1) is 0 Å². The summed E-state index contributed by atoms with van der Waals surface area (Å²) in [6.07, 6.45) is 2.76. The first-order valence-corrected chi connectivity index (χ1v) is 12.7. The summed E-state index contributed by atoms with van der Waals surface area (Å²) >= 11 is 0. The van der Waals surface area contributed by atoms with E-state index in [2.05, 4.69) is 5.32 Å². The predicted molar refractivity (Wildman–Crippen MR) is 128 cm³/mol. The number of carbonyl (C=O) groups excluding carboxylic acids is 1. The van der Waals surface area contributed by atoms with E-state index < -0.39 is 10.0 Å². The second-order valence-electron chi connectivity index (χ2n) is 8.12. The van der Waals surface area contributed by atoms with Crippen molar-refractivity contribution in [1.82, 2.24) is 9.21 Å². The van der Waals surface area contributed by atoms with Gasteiger partial charge in [0.25, 0.3) is 0 Å². The molecular formula is C24H33N3O5S. The predicted octanol–water partition coefficient (Wildman–Crippen LogP) is 3.34. The van der Waals surface area contributed by atoms with Crippen molar-refractivity contribution in [2.45, 2.75) is 37.6 Å². The Morgan fingerprint density at radius 1 is 1.09 bits per heavy atom. The molecule has 0 bridgehead atoms. The summed E-state index contributed by atoms with van der Waals surface area (Å²) < 4.78 is 38.4. The minimum absolute atomic E-state index is 0.138. The molecule has 1 saturated heterocycles. The van der Waals surface area contributed by atoms with Crippen LogP contribution >= 0.6 is 0 Å². The van der Waals surface area contributed by atoms with Crippen molar-refractivity contribution in [2.24, 2.45) is 0 Å². The lowest BCUT2D eigenvalue weighted by molar-refractivity contribution is -0.117.